The number of hydrogen-bond donors (Lipinski definition) is 0. The van der Waals surface area contributed by atoms with Crippen molar-refractivity contribution in [3.8, 4) is 0 Å². The molecule has 0 aliphatic heterocycles. The van der Waals surface area contributed by atoms with Gasteiger partial charge in [0.1, 0.15) is 5.30 Å². The molecule has 0 aliphatic rings. The predicted molar refractivity (Wildman–Crippen MR) is 56.1 cm³/mol. The predicted octanol–water partition coefficient (Wildman–Crippen LogP) is -5.55. The monoisotopic (exact) mass is 436 g/mol. The molecule has 0 spiro atoms. The van der Waals surface area contributed by atoms with Gasteiger partial charge in [0.2, 0.25) is 0 Å². The fraction of sp³-hybridized carbons (Fsp3) is 0. The van der Waals surface area contributed by atoms with Gasteiger partial charge in [-0.05, 0) is 59.9 Å². The summed E-state index contributed by atoms with van der Waals surface area (Å²) in [6.07, 6.45) is 0. The zero-order chi connectivity index (χ0) is 10.2. The van der Waals surface area contributed by atoms with Crippen LogP contribution in [0, 0.1) is 0 Å². The topological polar surface area (TPSA) is 69.2 Å². The molecule has 15 heavy (non-hydrogen) atoms. The van der Waals surface area contributed by atoms with Crippen LogP contribution in [0.4, 0.5) is 0 Å². The Balaban J connectivity index is 0. The Morgan fingerprint density at radius 1 is 0.867 bits per heavy atom. The van der Waals surface area contributed by atoms with Crippen molar-refractivity contribution in [1.29, 1.82) is 0 Å². The third kappa shape index (κ3) is 5.64. The molecule has 0 amide bonds. The van der Waals surface area contributed by atoms with Gasteiger partial charge in [0.25, 0.3) is 0 Å². The van der Waals surface area contributed by atoms with Crippen LogP contribution >= 0.6 is 55.7 Å². The molecular weight excluding hydrogens is 437 g/mol. The largest absolute Gasteiger partial charge is 1.00 e. The summed E-state index contributed by atoms with van der Waals surface area (Å²) in [5.41, 5.74) is 0. The summed E-state index contributed by atoms with van der Waals surface area (Å²) in [6, 6.07) is 3.12. The standard InChI is InChI=1S/C6H4Br3O3P.2Na/c7-3-1-2-4(8)6(5(3)9)13(10,11)12;;/h1-2H,(H2,10,11,12);;/q;2*+1/p-2. The van der Waals surface area contributed by atoms with Crippen LogP contribution in [-0.4, -0.2) is 0 Å². The Morgan fingerprint density at radius 2 is 1.27 bits per heavy atom. The van der Waals surface area contributed by atoms with Crippen LogP contribution in [0.2, 0.25) is 0 Å². The second kappa shape index (κ2) is 8.20. The van der Waals surface area contributed by atoms with Gasteiger partial charge >= 0.3 is 59.1 Å². The van der Waals surface area contributed by atoms with Crippen molar-refractivity contribution in [2.24, 2.45) is 0 Å². The first-order valence-electron chi connectivity index (χ1n) is 3.00. The third-order valence-electron chi connectivity index (χ3n) is 1.29. The molecule has 3 nitrogen and oxygen atoms in total. The van der Waals surface area contributed by atoms with Crippen LogP contribution in [0.15, 0.2) is 25.6 Å². The fourth-order valence-electron chi connectivity index (χ4n) is 0.767. The van der Waals surface area contributed by atoms with E-state index < -0.39 is 7.94 Å². The minimum absolute atomic E-state index is 0. The van der Waals surface area contributed by atoms with Crippen LogP contribution in [0.3, 0.4) is 0 Å². The van der Waals surface area contributed by atoms with Gasteiger partial charge in [-0.3, -0.25) is 0 Å². The fourth-order valence-corrected chi connectivity index (χ4v) is 4.19. The van der Waals surface area contributed by atoms with E-state index in [0.717, 1.165) is 0 Å². The van der Waals surface area contributed by atoms with Crippen molar-refractivity contribution in [1.82, 2.24) is 0 Å². The Hall–Kier alpha value is 2.97. The van der Waals surface area contributed by atoms with Gasteiger partial charge in [0.15, 0.2) is 0 Å². The molecule has 0 unspecified atom stereocenters. The van der Waals surface area contributed by atoms with Crippen molar-refractivity contribution in [2.75, 3.05) is 0 Å². The van der Waals surface area contributed by atoms with E-state index in [1.807, 2.05) is 0 Å². The van der Waals surface area contributed by atoms with Gasteiger partial charge in [0.05, 0.1) is 8.95 Å². The van der Waals surface area contributed by atoms with Crippen molar-refractivity contribution in [2.45, 2.75) is 0 Å². The zero-order valence-electron chi connectivity index (χ0n) is 7.96. The maximum atomic E-state index is 10.8. The van der Waals surface area contributed by atoms with Gasteiger partial charge in [-0.15, -0.1) is 7.94 Å². The third-order valence-corrected chi connectivity index (χ3v) is 5.60. The summed E-state index contributed by atoms with van der Waals surface area (Å²) in [4.78, 5) is 32.5. The second-order valence-electron chi connectivity index (χ2n) is 2.19. The van der Waals surface area contributed by atoms with Crippen molar-refractivity contribution >= 4 is 61.0 Å². The first-order chi connectivity index (χ1) is 5.84. The minimum atomic E-state index is -4.74. The van der Waals surface area contributed by atoms with E-state index >= 15 is 0 Å². The van der Waals surface area contributed by atoms with Crippen LogP contribution < -0.4 is 79.1 Å². The van der Waals surface area contributed by atoms with E-state index in [4.69, 9.17) is 0 Å². The molecule has 0 bridgehead atoms. The molecule has 72 valence electrons. The minimum Gasteiger partial charge on any atom is -0.683 e. The summed E-state index contributed by atoms with van der Waals surface area (Å²) >= 11 is 9.12. The molecule has 0 atom stereocenters. The summed E-state index contributed by atoms with van der Waals surface area (Å²) < 4.78 is 1.03. The van der Waals surface area contributed by atoms with Gasteiger partial charge in [-0.1, -0.05) is 0 Å². The average molecular weight is 439 g/mol. The molecule has 0 N–H and O–H groups in total. The van der Waals surface area contributed by atoms with E-state index in [2.05, 4.69) is 47.8 Å². The smallest absolute Gasteiger partial charge is 0.683 e. The van der Waals surface area contributed by atoms with Crippen molar-refractivity contribution in [3.63, 3.8) is 0 Å². The molecular formula is C6H2Br3Na2O3P. The Kier molecular flexibility index (Phi) is 11.1. The van der Waals surface area contributed by atoms with Gasteiger partial charge < -0.3 is 14.7 Å². The van der Waals surface area contributed by atoms with E-state index in [9.17, 15) is 14.7 Å². The molecule has 1 aromatic carbocycles. The number of benzene rings is 1. The Bertz CT molecular complexity index is 345. The molecule has 0 saturated carbocycles. The van der Waals surface area contributed by atoms with E-state index in [1.54, 1.807) is 6.07 Å². The molecule has 0 saturated heterocycles. The van der Waals surface area contributed by atoms with Crippen LogP contribution in [0.5, 0.6) is 0 Å². The van der Waals surface area contributed by atoms with Crippen molar-refractivity contribution in [3.05, 3.63) is 25.6 Å². The molecule has 1 aromatic rings. The number of rotatable bonds is 1. The summed E-state index contributed by atoms with van der Waals surface area (Å²) in [5, 5.41) is -0.262. The average Bonchev–Trinajstić information content (AvgIpc) is 1.95. The Labute approximate surface area is 158 Å². The number of halogens is 3. The zero-order valence-corrected chi connectivity index (χ0v) is 17.6. The normalized spacial score (nSPS) is 10.3. The molecule has 0 fully saturated rings. The van der Waals surface area contributed by atoms with Gasteiger partial charge in [-0.25, -0.2) is 0 Å². The molecule has 0 aliphatic carbocycles. The summed E-state index contributed by atoms with van der Waals surface area (Å²) in [6.45, 7) is 0. The van der Waals surface area contributed by atoms with E-state index in [1.165, 1.54) is 6.07 Å². The molecule has 1 rings (SSSR count). The van der Waals surface area contributed by atoms with Gasteiger partial charge in [-0.2, -0.15) is 0 Å². The molecule has 0 heterocycles. The maximum Gasteiger partial charge on any atom is 1.00 e. The number of hydrogen-bond acceptors (Lipinski definition) is 3. The quantitative estimate of drug-likeness (QED) is 0.250. The van der Waals surface area contributed by atoms with Gasteiger partial charge in [0, 0.05) is 4.47 Å². The van der Waals surface area contributed by atoms with Crippen LogP contribution in [-0.2, 0) is 0 Å². The first kappa shape index (κ1) is 20.3. The first-order valence-corrected chi connectivity index (χ1v) is 6.92. The van der Waals surface area contributed by atoms with E-state index in [0.29, 0.717) is 4.47 Å². The maximum absolute atomic E-state index is 10.8. The van der Waals surface area contributed by atoms with E-state index in [-0.39, 0.29) is 73.4 Å². The van der Waals surface area contributed by atoms with Crippen LogP contribution in [0.25, 0.3) is 0 Å². The Morgan fingerprint density at radius 3 is 1.60 bits per heavy atom. The molecule has 0 radical (unpaired) electrons. The SMILES string of the molecule is [Na+].[Na+].[O-][P+]([O-])([O-])c1c(Br)ccc(Br)c1Br. The summed E-state index contributed by atoms with van der Waals surface area (Å²) in [7, 11) is -4.74. The molecule has 9 heteroatoms. The van der Waals surface area contributed by atoms with Crippen LogP contribution in [0.1, 0.15) is 0 Å². The van der Waals surface area contributed by atoms with Crippen molar-refractivity contribution < 1.29 is 73.8 Å². The molecule has 0 aromatic heterocycles. The second-order valence-corrected chi connectivity index (χ2v) is 6.13. The summed E-state index contributed by atoms with van der Waals surface area (Å²) in [5.74, 6) is 0.